The summed E-state index contributed by atoms with van der Waals surface area (Å²) < 4.78 is 5.46. The predicted octanol–water partition coefficient (Wildman–Crippen LogP) is 1.82. The number of esters is 1. The molecule has 0 aromatic rings. The first kappa shape index (κ1) is 18.7. The minimum absolute atomic E-state index is 0.0657. The average Bonchev–Trinajstić information content (AvgIpc) is 2.56. The molecule has 0 N–H and O–H groups in total. The van der Waals surface area contributed by atoms with Gasteiger partial charge in [0.1, 0.15) is 5.54 Å². The van der Waals surface area contributed by atoms with Gasteiger partial charge in [-0.05, 0) is 40.2 Å². The number of nitrogens with zero attached hydrogens (tertiary/aromatic N) is 3. The number of hydrogen-bond donors (Lipinski definition) is 0. The maximum atomic E-state index is 12.4. The van der Waals surface area contributed by atoms with Crippen LogP contribution in [0.4, 0.5) is 0 Å². The van der Waals surface area contributed by atoms with Gasteiger partial charge in [0.2, 0.25) is 0 Å². The quantitative estimate of drug-likeness (QED) is 0.550. The van der Waals surface area contributed by atoms with E-state index in [0.717, 1.165) is 38.8 Å². The van der Waals surface area contributed by atoms with E-state index in [4.69, 9.17) is 4.74 Å². The van der Waals surface area contributed by atoms with Crippen LogP contribution in [0.2, 0.25) is 0 Å². The molecule has 0 aromatic heterocycles. The number of unbranched alkanes of at least 4 members (excludes halogenated alkanes) is 1. The molecule has 2 aliphatic heterocycles. The summed E-state index contributed by atoms with van der Waals surface area (Å²) in [5, 5.41) is 0. The number of likely N-dealkylation sites (tertiary alicyclic amines) is 1. The minimum atomic E-state index is -0.499. The normalized spacial score (nSPS) is 23.1. The van der Waals surface area contributed by atoms with Crippen LogP contribution in [0.15, 0.2) is 0 Å². The Kier molecular flexibility index (Phi) is 6.86. The predicted molar refractivity (Wildman–Crippen MR) is 93.6 cm³/mol. The van der Waals surface area contributed by atoms with E-state index >= 15 is 0 Å². The Bertz CT molecular complexity index is 370. The number of hydrogen-bond acceptors (Lipinski definition) is 5. The summed E-state index contributed by atoms with van der Waals surface area (Å²) in [6.45, 7) is 13.4. The highest BCUT2D eigenvalue weighted by atomic mass is 16.5. The molecule has 5 heteroatoms. The first-order valence-corrected chi connectivity index (χ1v) is 9.30. The van der Waals surface area contributed by atoms with Gasteiger partial charge < -0.3 is 9.64 Å². The molecule has 0 saturated carbocycles. The molecule has 2 fully saturated rings. The second-order valence-corrected chi connectivity index (χ2v) is 7.61. The van der Waals surface area contributed by atoms with Crippen LogP contribution in [0.5, 0.6) is 0 Å². The SMILES string of the molecule is CCCCOC(=O)C(C)(C)N1CCC(N2CCN(C)CC2)CC1. The lowest BCUT2D eigenvalue weighted by Gasteiger charge is -2.45. The summed E-state index contributed by atoms with van der Waals surface area (Å²) in [6.07, 6.45) is 4.34. The summed E-state index contributed by atoms with van der Waals surface area (Å²) in [5.41, 5.74) is -0.499. The Hall–Kier alpha value is -0.650. The Morgan fingerprint density at radius 2 is 1.70 bits per heavy atom. The van der Waals surface area contributed by atoms with E-state index in [1.807, 2.05) is 13.8 Å². The van der Waals surface area contributed by atoms with Gasteiger partial charge in [0, 0.05) is 45.3 Å². The Morgan fingerprint density at radius 3 is 2.26 bits per heavy atom. The maximum Gasteiger partial charge on any atom is 0.325 e. The minimum Gasteiger partial charge on any atom is -0.464 e. The molecular formula is C18H35N3O2. The molecule has 23 heavy (non-hydrogen) atoms. The third-order valence-electron chi connectivity index (χ3n) is 5.54. The fraction of sp³-hybridized carbons (Fsp3) is 0.944. The van der Waals surface area contributed by atoms with Crippen LogP contribution < -0.4 is 0 Å². The zero-order valence-corrected chi connectivity index (χ0v) is 15.5. The fourth-order valence-corrected chi connectivity index (χ4v) is 3.59. The summed E-state index contributed by atoms with van der Waals surface area (Å²) >= 11 is 0. The zero-order valence-electron chi connectivity index (χ0n) is 15.5. The number of ether oxygens (including phenoxy) is 1. The van der Waals surface area contributed by atoms with Crippen LogP contribution in [-0.2, 0) is 9.53 Å². The van der Waals surface area contributed by atoms with E-state index in [1.54, 1.807) is 0 Å². The zero-order chi connectivity index (χ0) is 16.9. The molecule has 5 nitrogen and oxygen atoms in total. The summed E-state index contributed by atoms with van der Waals surface area (Å²) in [6, 6.07) is 0.687. The van der Waals surface area contributed by atoms with Crippen LogP contribution in [0.3, 0.4) is 0 Å². The van der Waals surface area contributed by atoms with Crippen molar-refractivity contribution in [2.75, 3.05) is 52.9 Å². The van der Waals surface area contributed by atoms with Crippen molar-refractivity contribution < 1.29 is 9.53 Å². The molecule has 0 bridgehead atoms. The molecular weight excluding hydrogens is 290 g/mol. The highest BCUT2D eigenvalue weighted by Crippen LogP contribution is 2.25. The monoisotopic (exact) mass is 325 g/mol. The molecule has 0 aliphatic carbocycles. The first-order chi connectivity index (χ1) is 10.9. The van der Waals surface area contributed by atoms with Crippen molar-refractivity contribution in [2.45, 2.75) is 58.0 Å². The van der Waals surface area contributed by atoms with Crippen LogP contribution in [-0.4, -0.2) is 85.2 Å². The molecule has 0 atom stereocenters. The first-order valence-electron chi connectivity index (χ1n) is 9.30. The smallest absolute Gasteiger partial charge is 0.325 e. The van der Waals surface area contributed by atoms with Crippen LogP contribution >= 0.6 is 0 Å². The van der Waals surface area contributed by atoms with Gasteiger partial charge in [-0.15, -0.1) is 0 Å². The molecule has 0 unspecified atom stereocenters. The fourth-order valence-electron chi connectivity index (χ4n) is 3.59. The van der Waals surface area contributed by atoms with Crippen molar-refractivity contribution in [2.24, 2.45) is 0 Å². The number of piperazine rings is 1. The average molecular weight is 325 g/mol. The second-order valence-electron chi connectivity index (χ2n) is 7.61. The molecule has 2 saturated heterocycles. The topological polar surface area (TPSA) is 36.0 Å². The van der Waals surface area contributed by atoms with Crippen LogP contribution in [0.25, 0.3) is 0 Å². The van der Waals surface area contributed by atoms with Crippen molar-refractivity contribution >= 4 is 5.97 Å². The van der Waals surface area contributed by atoms with Gasteiger partial charge >= 0.3 is 5.97 Å². The summed E-state index contributed by atoms with van der Waals surface area (Å²) in [4.78, 5) is 19.7. The van der Waals surface area contributed by atoms with Crippen molar-refractivity contribution in [3.05, 3.63) is 0 Å². The largest absolute Gasteiger partial charge is 0.464 e. The highest BCUT2D eigenvalue weighted by molar-refractivity contribution is 5.79. The molecule has 2 heterocycles. The van der Waals surface area contributed by atoms with Crippen LogP contribution in [0, 0.1) is 0 Å². The summed E-state index contributed by atoms with van der Waals surface area (Å²) in [5.74, 6) is -0.0657. The highest BCUT2D eigenvalue weighted by Gasteiger charge is 2.39. The van der Waals surface area contributed by atoms with Gasteiger partial charge in [-0.1, -0.05) is 13.3 Å². The lowest BCUT2D eigenvalue weighted by molar-refractivity contribution is -0.157. The lowest BCUT2D eigenvalue weighted by atomic mass is 9.95. The molecule has 0 aromatic carbocycles. The van der Waals surface area contributed by atoms with Gasteiger partial charge in [0.15, 0.2) is 0 Å². The van der Waals surface area contributed by atoms with Crippen molar-refractivity contribution in [1.82, 2.24) is 14.7 Å². The van der Waals surface area contributed by atoms with E-state index in [1.165, 1.54) is 26.2 Å². The van der Waals surface area contributed by atoms with Gasteiger partial charge in [-0.2, -0.15) is 0 Å². The lowest BCUT2D eigenvalue weighted by Crippen LogP contribution is -2.57. The number of carbonyl (C=O) groups excluding carboxylic acids is 1. The third kappa shape index (κ3) is 4.91. The Morgan fingerprint density at radius 1 is 1.09 bits per heavy atom. The van der Waals surface area contributed by atoms with E-state index in [2.05, 4.69) is 28.7 Å². The van der Waals surface area contributed by atoms with Crippen molar-refractivity contribution in [3.8, 4) is 0 Å². The van der Waals surface area contributed by atoms with Gasteiger partial charge in [-0.25, -0.2) is 0 Å². The Labute approximate surface area is 141 Å². The van der Waals surface area contributed by atoms with Crippen molar-refractivity contribution in [3.63, 3.8) is 0 Å². The standard InChI is InChI=1S/C18H35N3O2/c1-5-6-15-23-17(22)18(2,3)21-9-7-16(8-10-21)20-13-11-19(4)12-14-20/h16H,5-15H2,1-4H3. The van der Waals surface area contributed by atoms with Gasteiger partial charge in [0.05, 0.1) is 6.61 Å². The summed E-state index contributed by atoms with van der Waals surface area (Å²) in [7, 11) is 2.20. The Balaban J connectivity index is 1.79. The van der Waals surface area contributed by atoms with E-state index in [0.29, 0.717) is 12.6 Å². The van der Waals surface area contributed by atoms with E-state index in [9.17, 15) is 4.79 Å². The van der Waals surface area contributed by atoms with E-state index in [-0.39, 0.29) is 5.97 Å². The molecule has 0 radical (unpaired) electrons. The number of carbonyl (C=O) groups is 1. The third-order valence-corrected chi connectivity index (χ3v) is 5.54. The molecule has 0 spiro atoms. The van der Waals surface area contributed by atoms with Gasteiger partial charge in [0.25, 0.3) is 0 Å². The number of likely N-dealkylation sites (N-methyl/N-ethyl adjacent to an activating group) is 1. The van der Waals surface area contributed by atoms with Crippen molar-refractivity contribution in [1.29, 1.82) is 0 Å². The molecule has 134 valence electrons. The number of rotatable bonds is 6. The van der Waals surface area contributed by atoms with E-state index < -0.39 is 5.54 Å². The second kappa shape index (κ2) is 8.45. The molecule has 0 amide bonds. The number of piperidine rings is 1. The maximum absolute atomic E-state index is 12.4. The molecule has 2 aliphatic rings. The van der Waals surface area contributed by atoms with Gasteiger partial charge in [-0.3, -0.25) is 14.6 Å². The molecule has 2 rings (SSSR count). The van der Waals surface area contributed by atoms with Crippen LogP contribution in [0.1, 0.15) is 46.5 Å².